The van der Waals surface area contributed by atoms with Gasteiger partial charge in [-0.15, -0.1) is 0 Å². The zero-order valence-corrected chi connectivity index (χ0v) is 11.8. The van der Waals surface area contributed by atoms with Crippen molar-refractivity contribution in [3.8, 4) is 0 Å². The van der Waals surface area contributed by atoms with Gasteiger partial charge in [0.2, 0.25) is 0 Å². The molecule has 2 rings (SSSR count). The van der Waals surface area contributed by atoms with Crippen LogP contribution in [0.15, 0.2) is 35.1 Å². The first-order valence-corrected chi connectivity index (χ1v) is 6.24. The number of nitrogens with one attached hydrogen (secondary N) is 2. The Morgan fingerprint density at radius 1 is 1.44 bits per heavy atom. The Morgan fingerprint density at radius 2 is 2.22 bits per heavy atom. The fraction of sp³-hybridized carbons (Fsp3) is 0.0909. The number of aryl methyl sites for hydroxylation is 1. The molecule has 1 heterocycles. The Labute approximate surface area is 117 Å². The van der Waals surface area contributed by atoms with Gasteiger partial charge in [-0.3, -0.25) is 4.68 Å². The lowest BCUT2D eigenvalue weighted by atomic mass is 10.3. The maximum atomic E-state index is 11.7. The molecule has 1 aromatic heterocycles. The van der Waals surface area contributed by atoms with Crippen molar-refractivity contribution < 1.29 is 4.79 Å². The molecule has 0 bridgehead atoms. The van der Waals surface area contributed by atoms with Gasteiger partial charge in [-0.1, -0.05) is 17.7 Å². The summed E-state index contributed by atoms with van der Waals surface area (Å²) in [6.45, 7) is 0. The molecule has 0 aliphatic heterocycles. The summed E-state index contributed by atoms with van der Waals surface area (Å²) in [5, 5.41) is 9.84. The van der Waals surface area contributed by atoms with Crippen molar-refractivity contribution in [3.05, 3.63) is 40.1 Å². The summed E-state index contributed by atoms with van der Waals surface area (Å²) >= 11 is 9.24. The molecule has 0 saturated heterocycles. The summed E-state index contributed by atoms with van der Waals surface area (Å²) in [7, 11) is 1.77. The van der Waals surface area contributed by atoms with Crippen LogP contribution in [0.4, 0.5) is 16.2 Å². The molecule has 1 aromatic carbocycles. The number of anilines is 2. The fourth-order valence-corrected chi connectivity index (χ4v) is 1.91. The molecule has 0 unspecified atom stereocenters. The number of nitrogens with zero attached hydrogens (tertiary/aromatic N) is 2. The number of aromatic nitrogens is 2. The van der Waals surface area contributed by atoms with Crippen molar-refractivity contribution in [2.24, 2.45) is 7.05 Å². The first-order valence-electron chi connectivity index (χ1n) is 5.07. The van der Waals surface area contributed by atoms with Crippen LogP contribution in [-0.4, -0.2) is 15.8 Å². The standard InChI is InChI=1S/C11H10BrClN4O/c1-17-6-7(5-14-17)15-11(18)16-9-4-2-3-8(13)10(9)12/h2-6H,1H3,(H2,15,16,18). The second-order valence-electron chi connectivity index (χ2n) is 3.58. The minimum Gasteiger partial charge on any atom is -0.307 e. The number of rotatable bonds is 2. The molecule has 18 heavy (non-hydrogen) atoms. The molecule has 5 nitrogen and oxygen atoms in total. The summed E-state index contributed by atoms with van der Waals surface area (Å²) in [6, 6.07) is 4.88. The third-order valence-corrected chi connectivity index (χ3v) is 3.56. The van der Waals surface area contributed by atoms with E-state index in [1.54, 1.807) is 42.3 Å². The molecule has 0 saturated carbocycles. The van der Waals surface area contributed by atoms with Crippen LogP contribution in [0.1, 0.15) is 0 Å². The van der Waals surface area contributed by atoms with Crippen molar-refractivity contribution in [2.75, 3.05) is 10.6 Å². The van der Waals surface area contributed by atoms with Crippen LogP contribution in [0.2, 0.25) is 5.02 Å². The molecular weight excluding hydrogens is 320 g/mol. The summed E-state index contributed by atoms with van der Waals surface area (Å²) in [5.74, 6) is 0. The van der Waals surface area contributed by atoms with E-state index in [-0.39, 0.29) is 6.03 Å². The number of amides is 2. The first kappa shape index (κ1) is 12.9. The van der Waals surface area contributed by atoms with Crippen LogP contribution in [0, 0.1) is 0 Å². The van der Waals surface area contributed by atoms with Crippen molar-refractivity contribution in [3.63, 3.8) is 0 Å². The normalized spacial score (nSPS) is 10.2. The lowest BCUT2D eigenvalue weighted by molar-refractivity contribution is 0.262. The second-order valence-corrected chi connectivity index (χ2v) is 4.78. The van der Waals surface area contributed by atoms with E-state index >= 15 is 0 Å². The van der Waals surface area contributed by atoms with Gasteiger partial charge >= 0.3 is 6.03 Å². The van der Waals surface area contributed by atoms with Crippen LogP contribution < -0.4 is 10.6 Å². The van der Waals surface area contributed by atoms with E-state index in [1.807, 2.05) is 0 Å². The molecule has 94 valence electrons. The Morgan fingerprint density at radius 3 is 2.89 bits per heavy atom. The maximum Gasteiger partial charge on any atom is 0.323 e. The predicted octanol–water partition coefficient (Wildman–Crippen LogP) is 3.48. The lowest BCUT2D eigenvalue weighted by Gasteiger charge is -2.08. The zero-order valence-electron chi connectivity index (χ0n) is 9.45. The summed E-state index contributed by atoms with van der Waals surface area (Å²) in [5.41, 5.74) is 1.22. The van der Waals surface area contributed by atoms with Gasteiger partial charge in [-0.05, 0) is 28.1 Å². The average Bonchev–Trinajstić information content (AvgIpc) is 2.70. The van der Waals surface area contributed by atoms with Crippen LogP contribution >= 0.6 is 27.5 Å². The third-order valence-electron chi connectivity index (χ3n) is 2.16. The highest BCUT2D eigenvalue weighted by Gasteiger charge is 2.08. The Hall–Kier alpha value is -1.53. The molecule has 0 radical (unpaired) electrons. The number of carbonyl (C=O) groups is 1. The van der Waals surface area contributed by atoms with E-state index in [0.717, 1.165) is 0 Å². The molecule has 7 heteroatoms. The average molecular weight is 330 g/mol. The highest BCUT2D eigenvalue weighted by molar-refractivity contribution is 9.10. The van der Waals surface area contributed by atoms with E-state index in [4.69, 9.17) is 11.6 Å². The molecule has 0 aliphatic rings. The van der Waals surface area contributed by atoms with Gasteiger partial charge in [0, 0.05) is 13.2 Å². The molecular formula is C11H10BrClN4O. The summed E-state index contributed by atoms with van der Waals surface area (Å²) < 4.78 is 2.25. The van der Waals surface area contributed by atoms with Gasteiger partial charge in [0.25, 0.3) is 0 Å². The second kappa shape index (κ2) is 5.41. The highest BCUT2D eigenvalue weighted by atomic mass is 79.9. The molecule has 0 aliphatic carbocycles. The predicted molar refractivity (Wildman–Crippen MR) is 75.0 cm³/mol. The van der Waals surface area contributed by atoms with E-state index in [2.05, 4.69) is 31.7 Å². The van der Waals surface area contributed by atoms with Crippen LogP contribution in [0.3, 0.4) is 0 Å². The summed E-state index contributed by atoms with van der Waals surface area (Å²) in [4.78, 5) is 11.7. The number of urea groups is 1. The minimum absolute atomic E-state index is 0.356. The SMILES string of the molecule is Cn1cc(NC(=O)Nc2cccc(Cl)c2Br)cn1. The minimum atomic E-state index is -0.356. The van der Waals surface area contributed by atoms with E-state index in [9.17, 15) is 4.79 Å². The molecule has 0 spiro atoms. The van der Waals surface area contributed by atoms with Gasteiger partial charge in [-0.25, -0.2) is 4.79 Å². The largest absolute Gasteiger partial charge is 0.323 e. The fourth-order valence-electron chi connectivity index (χ4n) is 1.37. The Balaban J connectivity index is 2.05. The van der Waals surface area contributed by atoms with Crippen LogP contribution in [0.25, 0.3) is 0 Å². The summed E-state index contributed by atoms with van der Waals surface area (Å²) in [6.07, 6.45) is 3.26. The van der Waals surface area contributed by atoms with Gasteiger partial charge in [0.05, 0.1) is 27.1 Å². The van der Waals surface area contributed by atoms with Gasteiger partial charge in [0.15, 0.2) is 0 Å². The quantitative estimate of drug-likeness (QED) is 0.886. The van der Waals surface area contributed by atoms with Gasteiger partial charge < -0.3 is 10.6 Å². The van der Waals surface area contributed by atoms with E-state index in [1.165, 1.54) is 0 Å². The highest BCUT2D eigenvalue weighted by Crippen LogP contribution is 2.30. The van der Waals surface area contributed by atoms with Gasteiger partial charge in [-0.2, -0.15) is 5.10 Å². The number of benzene rings is 1. The monoisotopic (exact) mass is 328 g/mol. The topological polar surface area (TPSA) is 59.0 Å². The van der Waals surface area contributed by atoms with E-state index in [0.29, 0.717) is 20.9 Å². The maximum absolute atomic E-state index is 11.7. The number of carbonyl (C=O) groups excluding carboxylic acids is 1. The Kier molecular flexibility index (Phi) is 3.88. The number of halogens is 2. The van der Waals surface area contributed by atoms with Crippen LogP contribution in [-0.2, 0) is 7.05 Å². The molecule has 2 aromatic rings. The number of hydrogen-bond donors (Lipinski definition) is 2. The van der Waals surface area contributed by atoms with Crippen molar-refractivity contribution >= 4 is 44.9 Å². The lowest BCUT2D eigenvalue weighted by Crippen LogP contribution is -2.19. The third kappa shape index (κ3) is 3.02. The van der Waals surface area contributed by atoms with Gasteiger partial charge in [0.1, 0.15) is 0 Å². The van der Waals surface area contributed by atoms with Crippen molar-refractivity contribution in [2.45, 2.75) is 0 Å². The smallest absolute Gasteiger partial charge is 0.307 e. The molecule has 0 atom stereocenters. The first-order chi connectivity index (χ1) is 8.56. The van der Waals surface area contributed by atoms with Crippen LogP contribution in [0.5, 0.6) is 0 Å². The van der Waals surface area contributed by atoms with Crippen molar-refractivity contribution in [1.29, 1.82) is 0 Å². The van der Waals surface area contributed by atoms with E-state index < -0.39 is 0 Å². The number of hydrogen-bond acceptors (Lipinski definition) is 2. The molecule has 0 fully saturated rings. The molecule has 2 amide bonds. The Bertz CT molecular complexity index is 584. The van der Waals surface area contributed by atoms with Crippen molar-refractivity contribution in [1.82, 2.24) is 9.78 Å². The molecule has 2 N–H and O–H groups in total. The zero-order chi connectivity index (χ0) is 13.1.